The van der Waals surface area contributed by atoms with E-state index in [0.717, 1.165) is 102 Å². The predicted molar refractivity (Wildman–Crippen MR) is 581 cm³/mol. The topological polar surface area (TPSA) is 291 Å². The van der Waals surface area contributed by atoms with Gasteiger partial charge in [0, 0.05) is 140 Å². The molecule has 7 N–H and O–H groups in total. The summed E-state index contributed by atoms with van der Waals surface area (Å²) in [5.41, 5.74) is 15.0. The minimum absolute atomic E-state index is 0. The number of nitrogens with two attached hydrogens (primary N) is 1. The molecule has 814 valence electrons. The molecule has 0 heterocycles. The molecule has 21 nitrogen and oxygen atoms in total. The quantitative estimate of drug-likeness (QED) is 0.00704. The van der Waals surface area contributed by atoms with E-state index < -0.39 is 54.6 Å². The van der Waals surface area contributed by atoms with Gasteiger partial charge in [-0.2, -0.15) is 0 Å². The molecule has 0 bridgehead atoms. The van der Waals surface area contributed by atoms with Crippen molar-refractivity contribution in [3.05, 3.63) is 149 Å². The van der Waals surface area contributed by atoms with Crippen LogP contribution in [0.1, 0.15) is 358 Å². The monoisotopic (exact) mass is 2300 g/mol. The summed E-state index contributed by atoms with van der Waals surface area (Å²) in [6, 6.07) is 38.7. The molecule has 141 heavy (non-hydrogen) atoms. The fourth-order valence-corrected chi connectivity index (χ4v) is 32.5. The second kappa shape index (κ2) is 82.1. The van der Waals surface area contributed by atoms with Crippen LogP contribution in [0.4, 0.5) is 28.4 Å². The number of aliphatic imine (C=N–C) groups is 1. The van der Waals surface area contributed by atoms with Crippen LogP contribution in [-0.2, 0) is 179 Å². The first-order chi connectivity index (χ1) is 65.3. The second-order valence-corrected chi connectivity index (χ2v) is 59.5. The van der Waals surface area contributed by atoms with Crippen LogP contribution in [0, 0.1) is 29.6 Å². The number of hydrogen-bond donors (Lipinski definition) is 6. The summed E-state index contributed by atoms with van der Waals surface area (Å²) < 4.78 is 105. The van der Waals surface area contributed by atoms with Gasteiger partial charge in [-0.3, -0.25) is 27.8 Å². The van der Waals surface area contributed by atoms with Gasteiger partial charge in [0.1, 0.15) is 6.29 Å². The molecule has 15 rings (SSSR count). The first-order valence-corrected chi connectivity index (χ1v) is 68.9. The maximum absolute atomic E-state index is 13.4. The Kier molecular flexibility index (Phi) is 81.2. The number of benzene rings is 5. The molecule has 5 aromatic rings. The van der Waals surface area contributed by atoms with Crippen molar-refractivity contribution >= 4 is 95.6 Å². The number of nitrogens with zero attached hydrogens (tertiary/aromatic N) is 1. The number of aldehydes is 1. The molecule has 5 aromatic carbocycles. The van der Waals surface area contributed by atoms with E-state index in [9.17, 15) is 27.6 Å². The number of anilines is 4. The van der Waals surface area contributed by atoms with Crippen molar-refractivity contribution in [1.29, 1.82) is 0 Å². The molecule has 10 aliphatic rings. The Balaban J connectivity index is 0.00000160. The molecule has 10 aliphatic carbocycles. The van der Waals surface area contributed by atoms with Gasteiger partial charge in [-0.15, -0.1) is 0 Å². The van der Waals surface area contributed by atoms with Gasteiger partial charge < -0.3 is 71.8 Å². The van der Waals surface area contributed by atoms with Crippen LogP contribution in [0.2, 0.25) is 39.3 Å². The largest absolute Gasteiger partial charge is 0.399 e. The summed E-state index contributed by atoms with van der Waals surface area (Å²) in [6.45, 7) is 28.7. The summed E-state index contributed by atoms with van der Waals surface area (Å²) in [6.07, 6.45) is 67.9. The maximum Gasteiger partial charge on any atom is 0.335 e. The van der Waals surface area contributed by atoms with E-state index >= 15 is 0 Å². The van der Waals surface area contributed by atoms with Crippen LogP contribution in [-0.4, -0.2) is 98.2 Å². The molecule has 0 saturated heterocycles. The maximum atomic E-state index is 13.4. The second-order valence-electron chi connectivity index (χ2n) is 40.2. The Hall–Kier alpha value is -1.58. The zero-order valence-corrected chi connectivity index (χ0v) is 100. The fourth-order valence-electron chi connectivity index (χ4n) is 18.4. The Morgan fingerprint density at radius 3 is 0.723 bits per heavy atom. The third-order valence-electron chi connectivity index (χ3n) is 25.3. The first-order valence-electron chi connectivity index (χ1n) is 53.4. The third kappa shape index (κ3) is 70.3. The SMILES string of the molecule is C1CCCC1.C1CCCC1.C1CCCC1.C1CCCC1.C1CCCC1.CCOP(=O)(Cc1ccc(N)cc1)OCC.CCOP(=O)(Cc1ccc(N=CC2CCCC2)cc1)OCC.CCOP(=O)(Cc1ccc(NCC2CCCC2)cc1)OCC.C[Si](C)(C)OP(=O)(Cc1ccc(NCC2CCCC2)cc1)O[Si](C)(C)C.O=CC1CCCC1.O=P(O)(O)Cc1ccc(NCC2CCCC2)cc1.[Fe].[Fe].[Fe].[Fe].[Fe]. The van der Waals surface area contributed by atoms with Crippen molar-refractivity contribution in [2.75, 3.05) is 81.0 Å². The number of carbonyl (C=O) groups excluding carboxylic acids is 1. The minimum Gasteiger partial charge on any atom is -0.399 e. The number of nitrogen functional groups attached to an aromatic ring is 1. The predicted octanol–water partition coefficient (Wildman–Crippen LogP) is 34.2. The molecule has 33 heteroatoms. The summed E-state index contributed by atoms with van der Waals surface area (Å²) >= 11 is 0. The van der Waals surface area contributed by atoms with Gasteiger partial charge >= 0.3 is 38.0 Å². The van der Waals surface area contributed by atoms with Crippen LogP contribution in [0.25, 0.3) is 0 Å². The first kappa shape index (κ1) is 139. The van der Waals surface area contributed by atoms with Crippen LogP contribution in [0.15, 0.2) is 126 Å². The van der Waals surface area contributed by atoms with Crippen molar-refractivity contribution in [1.82, 2.24) is 0 Å². The van der Waals surface area contributed by atoms with Gasteiger partial charge in [-0.1, -0.05) is 285 Å². The summed E-state index contributed by atoms with van der Waals surface area (Å²) in [5, 5.41) is 10.4. The molecule has 0 aliphatic heterocycles. The minimum atomic E-state index is -3.96. The molecule has 0 amide bonds. The van der Waals surface area contributed by atoms with Gasteiger partial charge in [-0.05, 0) is 257 Å². The van der Waals surface area contributed by atoms with Crippen molar-refractivity contribution in [3.8, 4) is 0 Å². The van der Waals surface area contributed by atoms with Crippen LogP contribution in [0.5, 0.6) is 0 Å². The van der Waals surface area contributed by atoms with Gasteiger partial charge in [0.15, 0.2) is 16.6 Å². The van der Waals surface area contributed by atoms with E-state index in [4.69, 9.17) is 51.1 Å². The Morgan fingerprint density at radius 1 is 0.305 bits per heavy atom. The number of nitrogens with one attached hydrogen (secondary N) is 3. The van der Waals surface area contributed by atoms with E-state index in [0.29, 0.717) is 81.2 Å². The van der Waals surface area contributed by atoms with Crippen LogP contribution < -0.4 is 21.7 Å². The fraction of sp³-hybridized carbons (Fsp3) is 0.704. The summed E-state index contributed by atoms with van der Waals surface area (Å²) in [5.74, 6) is 3.46. The average molecular weight is 2300 g/mol. The van der Waals surface area contributed by atoms with Gasteiger partial charge in [0.25, 0.3) is 0 Å². The van der Waals surface area contributed by atoms with Crippen molar-refractivity contribution in [2.24, 2.45) is 34.6 Å². The molecule has 0 unspecified atom stereocenters. The molecule has 0 spiro atoms. The Labute approximate surface area is 911 Å². The van der Waals surface area contributed by atoms with E-state index in [2.05, 4.69) is 78.6 Å². The Morgan fingerprint density at radius 2 is 0.511 bits per heavy atom. The van der Waals surface area contributed by atoms with Gasteiger partial charge in [0.05, 0.1) is 76.1 Å². The number of carbonyl (C=O) groups is 1. The van der Waals surface area contributed by atoms with E-state index in [-0.39, 0.29) is 97.7 Å². The Bertz CT molecular complexity index is 4000. The normalized spacial score (nSPS) is 17.1. The zero-order valence-electron chi connectivity index (χ0n) is 88.4. The smallest absolute Gasteiger partial charge is 0.335 e. The van der Waals surface area contributed by atoms with Crippen LogP contribution in [0.3, 0.4) is 0 Å². The van der Waals surface area contributed by atoms with Crippen molar-refractivity contribution < 1.29 is 158 Å². The van der Waals surface area contributed by atoms with E-state index in [1.54, 1.807) is 38.1 Å². The van der Waals surface area contributed by atoms with Crippen molar-refractivity contribution in [2.45, 2.75) is 401 Å². The molecule has 10 saturated carbocycles. The zero-order chi connectivity index (χ0) is 98.9. The number of hydrogen-bond acceptors (Lipinski definition) is 19. The third-order valence-corrected chi connectivity index (χ3v) is 39.6. The molecule has 0 aromatic heterocycles. The van der Waals surface area contributed by atoms with Gasteiger partial charge in [-0.25, -0.2) is 0 Å². The molecular weight excluding hydrogens is 2110 g/mol. The van der Waals surface area contributed by atoms with Gasteiger partial charge in [0.2, 0.25) is 0 Å². The molecular formula is C108H188Fe5N5O16P5Si2. The van der Waals surface area contributed by atoms with Crippen LogP contribution >= 0.6 is 38.0 Å². The summed E-state index contributed by atoms with van der Waals surface area (Å²) in [4.78, 5) is 32.3. The van der Waals surface area contributed by atoms with E-state index in [1.165, 1.54) is 276 Å². The van der Waals surface area contributed by atoms with E-state index in [1.807, 2.05) is 113 Å². The molecule has 0 radical (unpaired) electrons. The molecule has 0 atom stereocenters. The van der Waals surface area contributed by atoms with Crippen molar-refractivity contribution in [3.63, 3.8) is 0 Å². The average Bonchev–Trinajstić information content (AvgIpc) is 1.72. The summed E-state index contributed by atoms with van der Waals surface area (Å²) in [7, 11) is -20.0. The molecule has 10 fully saturated rings. The standard InChI is InChI=1S/C19H36NO3PSi2.C17H28NO3P.C17H26NO3P.C13H20NO3P.C11H18NO3P.C6H10O.5C5H10.5Fe/c1-25(2,3)22-24(21,23-26(4,5)6)16-18-11-13-19(14-12-18)20-15-17-9-7-8-10-17;2*1-3-20-22(19,21-4-2)14-16-9-11-17(12-10-16)18-13-15-7-5-6-8-15;15-18(16,17)10-12-5-7-13(8-6-12)14-9-11-3-1-2-4-11;1-3-14-16(13,15-4-2)9-10-5-7-11(12)8-6-10;7-5-6-3-1-2-4-6;5*1-2-4-5-3-1;;;;;/h11-14,17,20H,7-10,15-16H2,1-6H3;9-12,15,18H,3-8,13-14H2,1-2H3;9-13,15H,3-8,14H2,1-2H3;5-8,11,14H,1-4,9-10H2,(H2,15,16,17);5-8H,3-4,9,12H2,1-2H3;5-6H,1-4H2;5*1-5H2;;;;;. The number of rotatable bonds is 38.